The largest absolute Gasteiger partial charge is 0.399 e. The Morgan fingerprint density at radius 3 is 2.44 bits per heavy atom. The molecule has 0 saturated carbocycles. The lowest BCUT2D eigenvalue weighted by molar-refractivity contribution is -0.146. The molecule has 2 saturated heterocycles. The number of nitrogens with two attached hydrogens (primary N) is 1. The Morgan fingerprint density at radius 1 is 1.22 bits per heavy atom. The number of rotatable bonds is 1. The van der Waals surface area contributed by atoms with E-state index in [1.54, 1.807) is 18.2 Å². The molecule has 2 amide bonds. The number of hydrogen-bond acceptors (Lipinski definition) is 4. The van der Waals surface area contributed by atoms with E-state index in [1.165, 1.54) is 4.90 Å². The maximum atomic E-state index is 12.2. The van der Waals surface area contributed by atoms with Gasteiger partial charge in [0.1, 0.15) is 12.2 Å². The highest BCUT2D eigenvalue weighted by Gasteiger charge is 2.47. The molecule has 2 aliphatic rings. The first kappa shape index (κ1) is 11.7. The second-order valence-corrected chi connectivity index (χ2v) is 5.27. The van der Waals surface area contributed by atoms with Gasteiger partial charge in [-0.05, 0) is 47.0 Å². The molecule has 1 aromatic carbocycles. The number of carbonyl (C=O) groups is 2. The fourth-order valence-electron chi connectivity index (χ4n) is 2.34. The molecule has 3 rings (SSSR count). The predicted octanol–water partition coefficient (Wildman–Crippen LogP) is 1.45. The normalized spacial score (nSPS) is 26.8. The molecule has 2 N–H and O–H groups in total. The van der Waals surface area contributed by atoms with Crippen LogP contribution >= 0.6 is 15.9 Å². The quantitative estimate of drug-likeness (QED) is 0.629. The number of carbonyl (C=O) groups excluding carboxylic acids is 2. The van der Waals surface area contributed by atoms with Gasteiger partial charge >= 0.3 is 0 Å². The zero-order valence-electron chi connectivity index (χ0n) is 9.43. The van der Waals surface area contributed by atoms with Crippen molar-refractivity contribution in [3.63, 3.8) is 0 Å². The molecule has 0 spiro atoms. The highest BCUT2D eigenvalue weighted by molar-refractivity contribution is 9.10. The summed E-state index contributed by atoms with van der Waals surface area (Å²) >= 11 is 3.34. The van der Waals surface area contributed by atoms with Crippen LogP contribution in [0.25, 0.3) is 0 Å². The van der Waals surface area contributed by atoms with Gasteiger partial charge in [-0.25, -0.2) is 4.90 Å². The van der Waals surface area contributed by atoms with Crippen molar-refractivity contribution in [2.45, 2.75) is 25.0 Å². The molecular formula is C12H11BrN2O3. The summed E-state index contributed by atoms with van der Waals surface area (Å²) in [4.78, 5) is 25.5. The van der Waals surface area contributed by atoms with Gasteiger partial charge < -0.3 is 10.5 Å². The summed E-state index contributed by atoms with van der Waals surface area (Å²) in [6, 6.07) is 5.05. The van der Waals surface area contributed by atoms with Crippen LogP contribution < -0.4 is 10.6 Å². The van der Waals surface area contributed by atoms with Gasteiger partial charge in [0.15, 0.2) is 0 Å². The van der Waals surface area contributed by atoms with Crippen LogP contribution in [-0.2, 0) is 14.3 Å². The third kappa shape index (κ3) is 1.64. The molecule has 2 aliphatic heterocycles. The summed E-state index contributed by atoms with van der Waals surface area (Å²) in [5.41, 5.74) is 6.71. The lowest BCUT2D eigenvalue weighted by Crippen LogP contribution is -2.52. The average molecular weight is 311 g/mol. The summed E-state index contributed by atoms with van der Waals surface area (Å²) in [5.74, 6) is -0.611. The molecule has 0 aromatic heterocycles. The standard InChI is InChI=1S/C12H11BrN2O3/c13-7-2-1-6(14)5-8(7)15-11(16)9-3-4-10(18-9)12(15)17/h1-2,5,9-10H,3-4,14H2. The number of halogens is 1. The Bertz CT molecular complexity index is 524. The zero-order valence-corrected chi connectivity index (χ0v) is 11.0. The highest BCUT2D eigenvalue weighted by Crippen LogP contribution is 2.36. The molecule has 2 unspecified atom stereocenters. The molecule has 5 nitrogen and oxygen atoms in total. The van der Waals surface area contributed by atoms with E-state index >= 15 is 0 Å². The van der Waals surface area contributed by atoms with Crippen LogP contribution in [0.1, 0.15) is 12.8 Å². The van der Waals surface area contributed by atoms with Gasteiger partial charge in [-0.2, -0.15) is 0 Å². The number of amides is 2. The molecule has 2 atom stereocenters. The van der Waals surface area contributed by atoms with Crippen molar-refractivity contribution in [3.8, 4) is 0 Å². The number of morpholine rings is 1. The molecule has 1 aromatic rings. The zero-order chi connectivity index (χ0) is 12.9. The van der Waals surface area contributed by atoms with E-state index in [0.29, 0.717) is 28.7 Å². The van der Waals surface area contributed by atoms with Crippen LogP contribution in [0.4, 0.5) is 11.4 Å². The Hall–Kier alpha value is -1.40. The number of nitrogen functional groups attached to an aromatic ring is 1. The molecule has 0 aliphatic carbocycles. The van der Waals surface area contributed by atoms with Crippen LogP contribution in [-0.4, -0.2) is 24.0 Å². The van der Waals surface area contributed by atoms with E-state index in [9.17, 15) is 9.59 Å². The van der Waals surface area contributed by atoms with Gasteiger partial charge in [0.05, 0.1) is 5.69 Å². The van der Waals surface area contributed by atoms with Crippen LogP contribution in [0.5, 0.6) is 0 Å². The molecule has 94 valence electrons. The van der Waals surface area contributed by atoms with E-state index in [4.69, 9.17) is 10.5 Å². The lowest BCUT2D eigenvalue weighted by atomic mass is 10.2. The summed E-state index contributed by atoms with van der Waals surface area (Å²) in [5, 5.41) is 0. The van der Waals surface area contributed by atoms with Crippen molar-refractivity contribution in [1.82, 2.24) is 0 Å². The van der Waals surface area contributed by atoms with Crippen molar-refractivity contribution >= 4 is 39.1 Å². The summed E-state index contributed by atoms with van der Waals surface area (Å²) in [6.45, 7) is 0. The summed E-state index contributed by atoms with van der Waals surface area (Å²) in [6.07, 6.45) is 0.208. The Morgan fingerprint density at radius 2 is 1.83 bits per heavy atom. The molecule has 2 heterocycles. The van der Waals surface area contributed by atoms with Gasteiger partial charge in [-0.15, -0.1) is 0 Å². The fraction of sp³-hybridized carbons (Fsp3) is 0.333. The first-order valence-electron chi connectivity index (χ1n) is 5.66. The van der Waals surface area contributed by atoms with Crippen LogP contribution in [0, 0.1) is 0 Å². The topological polar surface area (TPSA) is 72.6 Å². The van der Waals surface area contributed by atoms with Crippen molar-refractivity contribution in [3.05, 3.63) is 22.7 Å². The van der Waals surface area contributed by atoms with Gasteiger partial charge in [0.25, 0.3) is 11.8 Å². The fourth-order valence-corrected chi connectivity index (χ4v) is 2.76. The number of nitrogens with zero attached hydrogens (tertiary/aromatic N) is 1. The van der Waals surface area contributed by atoms with E-state index in [-0.39, 0.29) is 11.8 Å². The number of anilines is 2. The van der Waals surface area contributed by atoms with E-state index in [0.717, 1.165) is 0 Å². The summed E-state index contributed by atoms with van der Waals surface area (Å²) < 4.78 is 6.02. The smallest absolute Gasteiger partial charge is 0.263 e. The summed E-state index contributed by atoms with van der Waals surface area (Å²) in [7, 11) is 0. The maximum absolute atomic E-state index is 12.2. The van der Waals surface area contributed by atoms with Crippen molar-refractivity contribution in [1.29, 1.82) is 0 Å². The predicted molar refractivity (Wildman–Crippen MR) is 68.9 cm³/mol. The first-order chi connectivity index (χ1) is 8.58. The molecular weight excluding hydrogens is 300 g/mol. The number of benzene rings is 1. The SMILES string of the molecule is Nc1ccc(Br)c(N2C(=O)C3CCC(O3)C2=O)c1. The third-order valence-corrected chi connectivity index (χ3v) is 3.89. The minimum atomic E-state index is -0.499. The number of fused-ring (bicyclic) bond motifs is 2. The highest BCUT2D eigenvalue weighted by atomic mass is 79.9. The Kier molecular flexibility index (Phi) is 2.64. The van der Waals surface area contributed by atoms with E-state index in [2.05, 4.69) is 15.9 Å². The second-order valence-electron chi connectivity index (χ2n) is 4.41. The number of hydrogen-bond donors (Lipinski definition) is 1. The number of ether oxygens (including phenoxy) is 1. The molecule has 2 bridgehead atoms. The molecule has 6 heteroatoms. The lowest BCUT2D eigenvalue weighted by Gasteiger charge is -2.30. The molecule has 2 fully saturated rings. The third-order valence-electron chi connectivity index (χ3n) is 3.22. The second kappa shape index (κ2) is 4.07. The van der Waals surface area contributed by atoms with Crippen molar-refractivity contribution in [2.75, 3.05) is 10.6 Å². The van der Waals surface area contributed by atoms with Crippen LogP contribution in [0.15, 0.2) is 22.7 Å². The van der Waals surface area contributed by atoms with Gasteiger partial charge in [0, 0.05) is 10.2 Å². The molecule has 18 heavy (non-hydrogen) atoms. The first-order valence-corrected chi connectivity index (χ1v) is 6.45. The minimum absolute atomic E-state index is 0.306. The van der Waals surface area contributed by atoms with E-state index < -0.39 is 12.2 Å². The molecule has 0 radical (unpaired) electrons. The average Bonchev–Trinajstić information content (AvgIpc) is 2.78. The van der Waals surface area contributed by atoms with Crippen LogP contribution in [0.3, 0.4) is 0 Å². The van der Waals surface area contributed by atoms with Gasteiger partial charge in [0.2, 0.25) is 0 Å². The Balaban J connectivity index is 2.07. The van der Waals surface area contributed by atoms with Gasteiger partial charge in [-0.3, -0.25) is 9.59 Å². The van der Waals surface area contributed by atoms with Crippen molar-refractivity contribution in [2.24, 2.45) is 0 Å². The Labute approximate surface area is 112 Å². The van der Waals surface area contributed by atoms with E-state index in [1.807, 2.05) is 0 Å². The maximum Gasteiger partial charge on any atom is 0.263 e. The van der Waals surface area contributed by atoms with Gasteiger partial charge in [-0.1, -0.05) is 0 Å². The minimum Gasteiger partial charge on any atom is -0.399 e. The number of imide groups is 1. The van der Waals surface area contributed by atoms with Crippen LogP contribution in [0.2, 0.25) is 0 Å². The van der Waals surface area contributed by atoms with Crippen molar-refractivity contribution < 1.29 is 14.3 Å². The monoisotopic (exact) mass is 310 g/mol.